The molecule has 0 spiro atoms. The van der Waals surface area contributed by atoms with Crippen LogP contribution in [0.15, 0.2) is 18.2 Å². The fraction of sp³-hybridized carbons (Fsp3) is 0.467. The van der Waals surface area contributed by atoms with Gasteiger partial charge in [-0.1, -0.05) is 6.07 Å². The second kappa shape index (κ2) is 7.81. The van der Waals surface area contributed by atoms with Gasteiger partial charge in [0.05, 0.1) is 12.5 Å². The van der Waals surface area contributed by atoms with Crippen molar-refractivity contribution in [2.45, 2.75) is 33.1 Å². The molecule has 0 heterocycles. The van der Waals surface area contributed by atoms with Crippen LogP contribution in [-0.2, 0) is 4.79 Å². The van der Waals surface area contributed by atoms with Crippen LogP contribution in [0.5, 0.6) is 0 Å². The van der Waals surface area contributed by atoms with E-state index >= 15 is 0 Å². The van der Waals surface area contributed by atoms with Gasteiger partial charge >= 0.3 is 0 Å². The topological polar surface area (TPSA) is 44.1 Å². The Morgan fingerprint density at radius 3 is 2.47 bits per heavy atom. The van der Waals surface area contributed by atoms with Gasteiger partial charge in [-0.3, -0.25) is 4.79 Å². The van der Waals surface area contributed by atoms with Crippen molar-refractivity contribution >= 4 is 23.2 Å². The number of nitrogens with zero attached hydrogens (tertiary/aromatic N) is 2. The van der Waals surface area contributed by atoms with Gasteiger partial charge in [0.15, 0.2) is 0 Å². The maximum atomic E-state index is 12.2. The van der Waals surface area contributed by atoms with E-state index in [0.717, 1.165) is 16.8 Å². The van der Waals surface area contributed by atoms with Gasteiger partial charge in [0.1, 0.15) is 0 Å². The summed E-state index contributed by atoms with van der Waals surface area (Å²) >= 11 is 5.63. The van der Waals surface area contributed by atoms with Crippen LogP contribution >= 0.6 is 11.6 Å². The van der Waals surface area contributed by atoms with Crippen LogP contribution in [0.2, 0.25) is 0 Å². The van der Waals surface area contributed by atoms with E-state index in [1.165, 1.54) is 0 Å². The first-order valence-corrected chi connectivity index (χ1v) is 6.93. The highest BCUT2D eigenvalue weighted by Crippen LogP contribution is 2.20. The lowest BCUT2D eigenvalue weighted by Crippen LogP contribution is -2.31. The Morgan fingerprint density at radius 2 is 1.95 bits per heavy atom. The van der Waals surface area contributed by atoms with Gasteiger partial charge in [-0.05, 0) is 43.5 Å². The van der Waals surface area contributed by atoms with E-state index in [2.05, 4.69) is 12.1 Å². The Morgan fingerprint density at radius 1 is 1.32 bits per heavy atom. The van der Waals surface area contributed by atoms with E-state index in [1.54, 1.807) is 4.90 Å². The van der Waals surface area contributed by atoms with Crippen LogP contribution in [0.3, 0.4) is 0 Å². The third kappa shape index (κ3) is 4.92. The average molecular weight is 279 g/mol. The molecule has 0 aliphatic heterocycles. The van der Waals surface area contributed by atoms with Crippen LogP contribution in [0.1, 0.15) is 30.4 Å². The number of benzene rings is 1. The zero-order valence-corrected chi connectivity index (χ0v) is 12.2. The Balaban J connectivity index is 2.95. The smallest absolute Gasteiger partial charge is 0.227 e. The van der Waals surface area contributed by atoms with Gasteiger partial charge < -0.3 is 4.90 Å². The summed E-state index contributed by atoms with van der Waals surface area (Å²) in [5.74, 6) is 0.505. The number of anilines is 1. The molecule has 0 aromatic heterocycles. The van der Waals surface area contributed by atoms with E-state index in [9.17, 15) is 4.79 Å². The number of rotatable bonds is 6. The summed E-state index contributed by atoms with van der Waals surface area (Å²) in [5, 5.41) is 8.72. The summed E-state index contributed by atoms with van der Waals surface area (Å²) in [5.41, 5.74) is 3.09. The van der Waals surface area contributed by atoms with Crippen LogP contribution < -0.4 is 4.90 Å². The van der Waals surface area contributed by atoms with Crippen LogP contribution in [0.4, 0.5) is 5.69 Å². The molecule has 0 bridgehead atoms. The lowest BCUT2D eigenvalue weighted by Gasteiger charge is -2.22. The minimum atomic E-state index is 0.0286. The van der Waals surface area contributed by atoms with E-state index in [1.807, 2.05) is 26.0 Å². The minimum Gasteiger partial charge on any atom is -0.311 e. The van der Waals surface area contributed by atoms with Gasteiger partial charge in [-0.2, -0.15) is 5.26 Å². The number of halogens is 1. The van der Waals surface area contributed by atoms with Crippen molar-refractivity contribution < 1.29 is 4.79 Å². The molecule has 102 valence electrons. The molecule has 0 radical (unpaired) electrons. The second-order valence-electron chi connectivity index (χ2n) is 4.59. The Bertz CT molecular complexity index is 459. The maximum absolute atomic E-state index is 12.2. The van der Waals surface area contributed by atoms with Crippen molar-refractivity contribution in [3.05, 3.63) is 29.3 Å². The third-order valence-corrected chi connectivity index (χ3v) is 3.06. The van der Waals surface area contributed by atoms with E-state index in [0.29, 0.717) is 31.7 Å². The molecule has 0 N–H and O–H groups in total. The van der Waals surface area contributed by atoms with Crippen molar-refractivity contribution in [3.63, 3.8) is 0 Å². The summed E-state index contributed by atoms with van der Waals surface area (Å²) in [6, 6.07) is 8.10. The molecule has 0 saturated heterocycles. The molecule has 1 amide bonds. The predicted molar refractivity (Wildman–Crippen MR) is 78.5 cm³/mol. The predicted octanol–water partition coefficient (Wildman–Crippen LogP) is 3.57. The summed E-state index contributed by atoms with van der Waals surface area (Å²) < 4.78 is 0. The standard InChI is InChI=1S/C15H19ClN2O/c1-12-9-13(2)11-14(10-12)18(8-4-7-17)15(19)5-3-6-16/h9-11H,3-6,8H2,1-2H3. The minimum absolute atomic E-state index is 0.0286. The largest absolute Gasteiger partial charge is 0.311 e. The number of alkyl halides is 1. The number of carbonyl (C=O) groups excluding carboxylic acids is 1. The van der Waals surface area contributed by atoms with Crippen molar-refractivity contribution in [1.29, 1.82) is 5.26 Å². The number of nitriles is 1. The molecule has 0 fully saturated rings. The van der Waals surface area contributed by atoms with E-state index in [4.69, 9.17) is 16.9 Å². The lowest BCUT2D eigenvalue weighted by molar-refractivity contribution is -0.118. The monoisotopic (exact) mass is 278 g/mol. The molecular formula is C15H19ClN2O. The quantitative estimate of drug-likeness (QED) is 0.747. The van der Waals surface area contributed by atoms with Crippen LogP contribution in [0.25, 0.3) is 0 Å². The van der Waals surface area contributed by atoms with Crippen molar-refractivity contribution in [1.82, 2.24) is 0 Å². The molecule has 0 aliphatic rings. The van der Waals surface area contributed by atoms with Crippen molar-refractivity contribution in [2.75, 3.05) is 17.3 Å². The van der Waals surface area contributed by atoms with Gasteiger partial charge in [0, 0.05) is 24.5 Å². The summed E-state index contributed by atoms with van der Waals surface area (Å²) in [6.45, 7) is 4.44. The molecule has 0 saturated carbocycles. The number of carbonyl (C=O) groups is 1. The molecule has 0 aliphatic carbocycles. The van der Waals surface area contributed by atoms with Crippen LogP contribution in [0, 0.1) is 25.2 Å². The first-order valence-electron chi connectivity index (χ1n) is 6.40. The van der Waals surface area contributed by atoms with Crippen LogP contribution in [-0.4, -0.2) is 18.3 Å². The summed E-state index contributed by atoms with van der Waals surface area (Å²) in [4.78, 5) is 13.9. The van der Waals surface area contributed by atoms with E-state index < -0.39 is 0 Å². The number of aryl methyl sites for hydroxylation is 2. The summed E-state index contributed by atoms with van der Waals surface area (Å²) in [6.07, 6.45) is 1.41. The second-order valence-corrected chi connectivity index (χ2v) is 4.97. The fourth-order valence-electron chi connectivity index (χ4n) is 2.02. The first kappa shape index (κ1) is 15.5. The van der Waals surface area contributed by atoms with Gasteiger partial charge in [-0.25, -0.2) is 0 Å². The molecule has 19 heavy (non-hydrogen) atoms. The molecule has 1 rings (SSSR count). The molecule has 0 atom stereocenters. The normalized spacial score (nSPS) is 10.0. The third-order valence-electron chi connectivity index (χ3n) is 2.79. The van der Waals surface area contributed by atoms with Crippen molar-refractivity contribution in [2.24, 2.45) is 0 Å². The maximum Gasteiger partial charge on any atom is 0.227 e. The Labute approximate surface area is 119 Å². The number of amides is 1. The lowest BCUT2D eigenvalue weighted by atomic mass is 10.1. The van der Waals surface area contributed by atoms with E-state index in [-0.39, 0.29) is 5.91 Å². The molecule has 1 aromatic carbocycles. The zero-order valence-electron chi connectivity index (χ0n) is 11.4. The highest BCUT2D eigenvalue weighted by Gasteiger charge is 2.15. The Hall–Kier alpha value is -1.53. The highest BCUT2D eigenvalue weighted by atomic mass is 35.5. The SMILES string of the molecule is Cc1cc(C)cc(N(CCC#N)C(=O)CCCCl)c1. The molecular weight excluding hydrogens is 260 g/mol. The first-order chi connectivity index (χ1) is 9.08. The molecule has 4 heteroatoms. The molecule has 1 aromatic rings. The van der Waals surface area contributed by atoms with Gasteiger partial charge in [-0.15, -0.1) is 11.6 Å². The number of hydrogen-bond donors (Lipinski definition) is 0. The number of hydrogen-bond acceptors (Lipinski definition) is 2. The Kier molecular flexibility index (Phi) is 6.38. The fourth-order valence-corrected chi connectivity index (χ4v) is 2.15. The highest BCUT2D eigenvalue weighted by molar-refractivity contribution is 6.18. The molecule has 3 nitrogen and oxygen atoms in total. The zero-order chi connectivity index (χ0) is 14.3. The summed E-state index contributed by atoms with van der Waals surface area (Å²) in [7, 11) is 0. The average Bonchev–Trinajstić information content (AvgIpc) is 2.35. The molecule has 0 unspecified atom stereocenters. The van der Waals surface area contributed by atoms with Crippen molar-refractivity contribution in [3.8, 4) is 6.07 Å². The van der Waals surface area contributed by atoms with Gasteiger partial charge in [0.25, 0.3) is 0 Å². The van der Waals surface area contributed by atoms with Gasteiger partial charge in [0.2, 0.25) is 5.91 Å².